The average Bonchev–Trinajstić information content (AvgIpc) is 2.55. The fourth-order valence-electron chi connectivity index (χ4n) is 1.76. The van der Waals surface area contributed by atoms with Crippen molar-refractivity contribution >= 4 is 103 Å². The van der Waals surface area contributed by atoms with Gasteiger partial charge in [-0.1, -0.05) is 57.3 Å². The highest BCUT2D eigenvalue weighted by Gasteiger charge is 2.17. The summed E-state index contributed by atoms with van der Waals surface area (Å²) < 4.78 is 2.21. The summed E-state index contributed by atoms with van der Waals surface area (Å²) in [5.41, 5.74) is 1.68. The van der Waals surface area contributed by atoms with Gasteiger partial charge in [-0.25, -0.2) is 0 Å². The zero-order chi connectivity index (χ0) is 17.9. The molecule has 0 amide bonds. The Kier molecular flexibility index (Phi) is 7.78. The van der Waals surface area contributed by atoms with Crippen LogP contribution in [0.15, 0.2) is 55.9 Å². The number of benzene rings is 2. The van der Waals surface area contributed by atoms with Crippen LogP contribution in [0.3, 0.4) is 0 Å². The van der Waals surface area contributed by atoms with Crippen molar-refractivity contribution in [1.29, 1.82) is 0 Å². The van der Waals surface area contributed by atoms with Gasteiger partial charge in [0.25, 0.3) is 0 Å². The number of carbonyl (C=O) groups excluding carboxylic acids is 1. The van der Waals surface area contributed by atoms with Crippen molar-refractivity contribution in [3.63, 3.8) is 0 Å². The topological polar surface area (TPSA) is 17.1 Å². The third-order valence-electron chi connectivity index (χ3n) is 2.94. The van der Waals surface area contributed by atoms with Crippen LogP contribution in [0.2, 0.25) is 10.0 Å². The van der Waals surface area contributed by atoms with E-state index in [4.69, 9.17) is 23.2 Å². The summed E-state index contributed by atoms with van der Waals surface area (Å²) in [6, 6.07) is 12.5. The van der Waals surface area contributed by atoms with Crippen molar-refractivity contribution in [2.75, 3.05) is 0 Å². The van der Waals surface area contributed by atoms with Crippen LogP contribution in [-0.4, -0.2) is 5.78 Å². The predicted molar refractivity (Wildman–Crippen MR) is 117 cm³/mol. The van der Waals surface area contributed by atoms with Gasteiger partial charge in [-0.2, -0.15) is 0 Å². The van der Waals surface area contributed by atoms with Crippen LogP contribution in [0, 0.1) is 0 Å². The molecule has 1 nitrogen and oxygen atoms in total. The normalized spacial score (nSPS) is 12.8. The van der Waals surface area contributed by atoms with Crippen molar-refractivity contribution < 1.29 is 4.79 Å². The zero-order valence-corrected chi connectivity index (χ0v) is 19.7. The largest absolute Gasteiger partial charge is 0.287 e. The summed E-state index contributed by atoms with van der Waals surface area (Å²) >= 11 is 25.4. The van der Waals surface area contributed by atoms with E-state index < -0.39 is 0 Å². The third-order valence-corrected chi connectivity index (χ3v) is 6.78. The van der Waals surface area contributed by atoms with Gasteiger partial charge in [0.15, 0.2) is 0 Å². The van der Waals surface area contributed by atoms with Gasteiger partial charge >= 0.3 is 0 Å². The standard InChI is InChI=1S/C17H8Br4Cl2O/c18-13-8-11(23)5-6-12(13)15(20)16(21)17(24)14(19)7-9-1-3-10(22)4-2-9/h1-8H. The second-order valence-electron chi connectivity index (χ2n) is 4.63. The highest BCUT2D eigenvalue weighted by Crippen LogP contribution is 2.36. The van der Waals surface area contributed by atoms with Gasteiger partial charge in [0.2, 0.25) is 5.78 Å². The molecule has 0 spiro atoms. The lowest BCUT2D eigenvalue weighted by atomic mass is 10.1. The lowest BCUT2D eigenvalue weighted by molar-refractivity contribution is -0.110. The first-order valence-electron chi connectivity index (χ1n) is 6.47. The summed E-state index contributed by atoms with van der Waals surface area (Å²) in [6.45, 7) is 0. The molecule has 0 radical (unpaired) electrons. The molecule has 0 bridgehead atoms. The summed E-state index contributed by atoms with van der Waals surface area (Å²) in [6.07, 6.45) is 1.73. The van der Waals surface area contributed by atoms with E-state index in [1.54, 1.807) is 30.3 Å². The van der Waals surface area contributed by atoms with Gasteiger partial charge in [-0.05, 0) is 83.7 Å². The van der Waals surface area contributed by atoms with Crippen LogP contribution in [0.5, 0.6) is 0 Å². The number of Topliss-reactive ketones (excluding diaryl/α,β-unsaturated/α-hetero) is 1. The molecule has 2 aromatic rings. The van der Waals surface area contributed by atoms with E-state index in [2.05, 4.69) is 63.7 Å². The molecule has 2 aromatic carbocycles. The van der Waals surface area contributed by atoms with Crippen molar-refractivity contribution in [2.24, 2.45) is 0 Å². The second kappa shape index (κ2) is 9.15. The van der Waals surface area contributed by atoms with E-state index in [0.717, 1.165) is 15.6 Å². The first-order valence-corrected chi connectivity index (χ1v) is 10.4. The molecule has 0 aromatic heterocycles. The molecule has 0 saturated carbocycles. The molecular weight excluding hydrogens is 611 g/mol. The Morgan fingerprint density at radius 3 is 2.08 bits per heavy atom. The molecule has 0 unspecified atom stereocenters. The van der Waals surface area contributed by atoms with Gasteiger partial charge in [0, 0.05) is 24.6 Å². The van der Waals surface area contributed by atoms with Crippen molar-refractivity contribution in [2.45, 2.75) is 0 Å². The number of hydrogen-bond acceptors (Lipinski definition) is 1. The van der Waals surface area contributed by atoms with Crippen LogP contribution in [-0.2, 0) is 4.79 Å². The van der Waals surface area contributed by atoms with E-state index >= 15 is 0 Å². The van der Waals surface area contributed by atoms with E-state index in [0.29, 0.717) is 23.5 Å². The molecular formula is C17H8Br4Cl2O. The molecule has 0 N–H and O–H groups in total. The number of halogens is 6. The minimum absolute atomic E-state index is 0.196. The number of allylic oxidation sites excluding steroid dienone is 2. The maximum absolute atomic E-state index is 12.6. The predicted octanol–water partition coefficient (Wildman–Crippen LogP) is 8.22. The Labute approximate surface area is 183 Å². The van der Waals surface area contributed by atoms with E-state index in [-0.39, 0.29) is 5.78 Å². The Morgan fingerprint density at radius 1 is 0.917 bits per heavy atom. The number of rotatable bonds is 4. The van der Waals surface area contributed by atoms with Gasteiger partial charge in [-0.15, -0.1) is 0 Å². The Balaban J connectivity index is 2.34. The maximum Gasteiger partial charge on any atom is 0.208 e. The molecule has 24 heavy (non-hydrogen) atoms. The van der Waals surface area contributed by atoms with Gasteiger partial charge in [0.05, 0.1) is 8.96 Å². The molecule has 0 aliphatic heterocycles. The lowest BCUT2D eigenvalue weighted by Crippen LogP contribution is -1.99. The summed E-state index contributed by atoms with van der Waals surface area (Å²) in [7, 11) is 0. The van der Waals surface area contributed by atoms with Crippen molar-refractivity contribution in [1.82, 2.24) is 0 Å². The molecule has 0 heterocycles. The quantitative estimate of drug-likeness (QED) is 0.316. The van der Waals surface area contributed by atoms with Crippen LogP contribution in [0.4, 0.5) is 0 Å². The SMILES string of the molecule is O=C(C(Br)=Cc1ccc(Cl)cc1)C(Br)=C(Br)c1ccc(Cl)cc1Br. The Hall–Kier alpha value is 0.0900. The summed E-state index contributed by atoms with van der Waals surface area (Å²) in [5, 5.41) is 1.25. The Bertz CT molecular complexity index is 842. The van der Waals surface area contributed by atoms with Crippen LogP contribution < -0.4 is 0 Å². The van der Waals surface area contributed by atoms with Gasteiger partial charge in [-0.3, -0.25) is 4.79 Å². The van der Waals surface area contributed by atoms with E-state index in [1.165, 1.54) is 0 Å². The summed E-state index contributed by atoms with van der Waals surface area (Å²) in [4.78, 5) is 12.6. The minimum atomic E-state index is -0.196. The molecule has 0 saturated heterocycles. The number of carbonyl (C=O) groups is 1. The molecule has 0 atom stereocenters. The maximum atomic E-state index is 12.6. The first kappa shape index (κ1) is 20.4. The van der Waals surface area contributed by atoms with E-state index in [9.17, 15) is 4.79 Å². The fraction of sp³-hybridized carbons (Fsp3) is 0. The monoisotopic (exact) mass is 614 g/mol. The first-order chi connectivity index (χ1) is 11.3. The second-order valence-corrected chi connectivity index (χ2v) is 8.79. The van der Waals surface area contributed by atoms with Crippen LogP contribution in [0.25, 0.3) is 10.6 Å². The highest BCUT2D eigenvalue weighted by atomic mass is 79.9. The molecule has 124 valence electrons. The van der Waals surface area contributed by atoms with Crippen molar-refractivity contribution in [3.05, 3.63) is 77.1 Å². The zero-order valence-electron chi connectivity index (χ0n) is 11.8. The minimum Gasteiger partial charge on any atom is -0.287 e. The molecule has 2 rings (SSSR count). The third kappa shape index (κ3) is 5.29. The lowest BCUT2D eigenvalue weighted by Gasteiger charge is -2.07. The Morgan fingerprint density at radius 2 is 1.50 bits per heavy atom. The molecule has 0 fully saturated rings. The molecule has 0 aliphatic carbocycles. The van der Waals surface area contributed by atoms with Crippen LogP contribution >= 0.6 is 86.9 Å². The average molecular weight is 619 g/mol. The number of ketones is 1. The van der Waals surface area contributed by atoms with E-state index in [1.807, 2.05) is 18.2 Å². The number of hydrogen-bond donors (Lipinski definition) is 0. The van der Waals surface area contributed by atoms with Gasteiger partial charge < -0.3 is 0 Å². The highest BCUT2D eigenvalue weighted by molar-refractivity contribution is 9.17. The summed E-state index contributed by atoms with van der Waals surface area (Å²) in [5.74, 6) is -0.196. The smallest absolute Gasteiger partial charge is 0.208 e. The van der Waals surface area contributed by atoms with Crippen molar-refractivity contribution in [3.8, 4) is 0 Å². The fourth-order valence-corrected chi connectivity index (χ4v) is 4.72. The van der Waals surface area contributed by atoms with Gasteiger partial charge in [0.1, 0.15) is 0 Å². The molecule has 7 heteroatoms. The van der Waals surface area contributed by atoms with Crippen LogP contribution in [0.1, 0.15) is 11.1 Å². The molecule has 0 aliphatic rings.